The van der Waals surface area contributed by atoms with E-state index in [1.165, 1.54) is 11.3 Å². The van der Waals surface area contributed by atoms with Crippen molar-refractivity contribution < 1.29 is 14.1 Å². The molecular formula is C17H22NO3+. The molecule has 1 aromatic heterocycles. The van der Waals surface area contributed by atoms with Gasteiger partial charge in [0, 0.05) is 11.5 Å². The van der Waals surface area contributed by atoms with Crippen LogP contribution < -0.4 is 15.3 Å². The molecule has 1 unspecified atom stereocenters. The lowest BCUT2D eigenvalue weighted by molar-refractivity contribution is -0.933. The molecule has 1 atom stereocenters. The molecule has 3 rings (SSSR count). The summed E-state index contributed by atoms with van der Waals surface area (Å²) in [4.78, 5) is 13.1. The van der Waals surface area contributed by atoms with Gasteiger partial charge in [-0.05, 0) is 37.0 Å². The fraction of sp³-hybridized carbons (Fsp3) is 0.471. The maximum atomic E-state index is 11.7. The molecule has 1 N–H and O–H groups in total. The van der Waals surface area contributed by atoms with Crippen LogP contribution >= 0.6 is 0 Å². The SMILES string of the molecule is Cc1cc(=O)oc2c3c(ccc12)OC[NH+](CCC(C)C)C3. The molecule has 0 saturated carbocycles. The smallest absolute Gasteiger partial charge is 0.336 e. The van der Waals surface area contributed by atoms with E-state index >= 15 is 0 Å². The molecular weight excluding hydrogens is 266 g/mol. The van der Waals surface area contributed by atoms with Crippen molar-refractivity contribution in [3.05, 3.63) is 39.7 Å². The van der Waals surface area contributed by atoms with Crippen molar-refractivity contribution in [2.24, 2.45) is 5.92 Å². The molecule has 4 heteroatoms. The lowest BCUT2D eigenvalue weighted by atomic mass is 10.0. The summed E-state index contributed by atoms with van der Waals surface area (Å²) in [5, 5.41) is 1.00. The quantitative estimate of drug-likeness (QED) is 0.877. The predicted octanol–water partition coefficient (Wildman–Crippen LogP) is 1.88. The largest absolute Gasteiger partial charge is 0.445 e. The minimum atomic E-state index is -0.289. The van der Waals surface area contributed by atoms with E-state index in [1.807, 2.05) is 19.1 Å². The summed E-state index contributed by atoms with van der Waals surface area (Å²) in [6.07, 6.45) is 1.17. The Morgan fingerprint density at radius 3 is 2.90 bits per heavy atom. The van der Waals surface area contributed by atoms with Gasteiger partial charge in [-0.1, -0.05) is 13.8 Å². The van der Waals surface area contributed by atoms with E-state index in [0.717, 1.165) is 35.4 Å². The van der Waals surface area contributed by atoms with Gasteiger partial charge in [-0.25, -0.2) is 4.79 Å². The van der Waals surface area contributed by atoms with E-state index in [1.54, 1.807) is 6.07 Å². The van der Waals surface area contributed by atoms with Crippen molar-refractivity contribution in [2.75, 3.05) is 13.3 Å². The van der Waals surface area contributed by atoms with Crippen LogP contribution in [0.5, 0.6) is 5.75 Å². The predicted molar refractivity (Wildman–Crippen MR) is 81.7 cm³/mol. The number of benzene rings is 1. The molecule has 0 spiro atoms. The zero-order valence-corrected chi connectivity index (χ0v) is 12.9. The molecule has 1 aromatic carbocycles. The Labute approximate surface area is 124 Å². The number of hydrogen-bond acceptors (Lipinski definition) is 3. The Kier molecular flexibility index (Phi) is 3.72. The van der Waals surface area contributed by atoms with Gasteiger partial charge in [0.25, 0.3) is 0 Å². The highest BCUT2D eigenvalue weighted by Gasteiger charge is 2.24. The zero-order chi connectivity index (χ0) is 15.0. The van der Waals surface area contributed by atoms with Crippen LogP contribution in [0.4, 0.5) is 0 Å². The summed E-state index contributed by atoms with van der Waals surface area (Å²) >= 11 is 0. The van der Waals surface area contributed by atoms with Gasteiger partial charge in [-0.2, -0.15) is 0 Å². The van der Waals surface area contributed by atoms with Gasteiger partial charge in [0.2, 0.25) is 6.73 Å². The topological polar surface area (TPSA) is 43.9 Å². The van der Waals surface area contributed by atoms with Crippen LogP contribution in [0.15, 0.2) is 27.4 Å². The van der Waals surface area contributed by atoms with Crippen molar-refractivity contribution in [1.82, 2.24) is 0 Å². The summed E-state index contributed by atoms with van der Waals surface area (Å²) in [5.41, 5.74) is 2.39. The van der Waals surface area contributed by atoms with Crippen molar-refractivity contribution in [3.8, 4) is 5.75 Å². The Bertz CT molecular complexity index is 718. The number of ether oxygens (including phenoxy) is 1. The highest BCUT2D eigenvalue weighted by atomic mass is 16.5. The lowest BCUT2D eigenvalue weighted by Crippen LogP contribution is -3.12. The number of fused-ring (bicyclic) bond motifs is 3. The molecule has 112 valence electrons. The second-order valence-corrected chi connectivity index (χ2v) is 6.32. The van der Waals surface area contributed by atoms with Crippen LogP contribution in [0.2, 0.25) is 0 Å². The molecule has 1 aliphatic rings. The number of nitrogens with one attached hydrogen (secondary N) is 1. The molecule has 0 amide bonds. The number of quaternary nitrogens is 1. The standard InChI is InChI=1S/C17H21NO3/c1-11(2)6-7-18-9-14-15(20-10-18)5-4-13-12(3)8-16(19)21-17(13)14/h4-5,8,11H,6-7,9-10H2,1-3H3/p+1. The van der Waals surface area contributed by atoms with Crippen LogP contribution in [-0.4, -0.2) is 13.3 Å². The average molecular weight is 288 g/mol. The van der Waals surface area contributed by atoms with Gasteiger partial charge < -0.3 is 9.15 Å². The Hall–Kier alpha value is -1.81. The van der Waals surface area contributed by atoms with Gasteiger partial charge in [-0.15, -0.1) is 0 Å². The number of hydrogen-bond donors (Lipinski definition) is 1. The molecule has 2 heterocycles. The number of aryl methyl sites for hydroxylation is 1. The van der Waals surface area contributed by atoms with Crippen LogP contribution in [0.25, 0.3) is 11.0 Å². The van der Waals surface area contributed by atoms with Crippen LogP contribution in [-0.2, 0) is 6.54 Å². The Morgan fingerprint density at radius 1 is 1.33 bits per heavy atom. The second kappa shape index (κ2) is 5.53. The Balaban J connectivity index is 1.99. The minimum absolute atomic E-state index is 0.289. The molecule has 21 heavy (non-hydrogen) atoms. The third kappa shape index (κ3) is 2.81. The van der Waals surface area contributed by atoms with E-state index in [2.05, 4.69) is 13.8 Å². The first kappa shape index (κ1) is 14.1. The monoisotopic (exact) mass is 288 g/mol. The fourth-order valence-corrected chi connectivity index (χ4v) is 2.86. The maximum Gasteiger partial charge on any atom is 0.336 e. The summed E-state index contributed by atoms with van der Waals surface area (Å²) < 4.78 is 11.3. The van der Waals surface area contributed by atoms with Crippen molar-refractivity contribution in [1.29, 1.82) is 0 Å². The third-order valence-electron chi connectivity index (χ3n) is 4.11. The van der Waals surface area contributed by atoms with Crippen LogP contribution in [0, 0.1) is 12.8 Å². The normalized spacial score (nSPS) is 17.8. The second-order valence-electron chi connectivity index (χ2n) is 6.32. The molecule has 0 aliphatic carbocycles. The summed E-state index contributed by atoms with van der Waals surface area (Å²) in [6.45, 7) is 9.02. The third-order valence-corrected chi connectivity index (χ3v) is 4.11. The first-order chi connectivity index (χ1) is 10.0. The van der Waals surface area contributed by atoms with Crippen molar-refractivity contribution >= 4 is 11.0 Å². The fourth-order valence-electron chi connectivity index (χ4n) is 2.86. The lowest BCUT2D eigenvalue weighted by Gasteiger charge is -2.27. The zero-order valence-electron chi connectivity index (χ0n) is 12.9. The van der Waals surface area contributed by atoms with Gasteiger partial charge in [0.05, 0.1) is 12.1 Å². The van der Waals surface area contributed by atoms with Gasteiger partial charge in [0.1, 0.15) is 12.3 Å². The molecule has 0 bridgehead atoms. The van der Waals surface area contributed by atoms with E-state index < -0.39 is 0 Å². The molecule has 4 nitrogen and oxygen atoms in total. The molecule has 0 fully saturated rings. The maximum absolute atomic E-state index is 11.7. The first-order valence-electron chi connectivity index (χ1n) is 7.57. The van der Waals surface area contributed by atoms with E-state index in [0.29, 0.717) is 18.2 Å². The highest BCUT2D eigenvalue weighted by Crippen LogP contribution is 2.29. The average Bonchev–Trinajstić information content (AvgIpc) is 2.44. The summed E-state index contributed by atoms with van der Waals surface area (Å²) in [5.74, 6) is 1.54. The molecule has 0 saturated heterocycles. The van der Waals surface area contributed by atoms with Gasteiger partial charge >= 0.3 is 5.63 Å². The number of rotatable bonds is 3. The molecule has 1 aliphatic heterocycles. The van der Waals surface area contributed by atoms with Crippen LogP contribution in [0.3, 0.4) is 0 Å². The Morgan fingerprint density at radius 2 is 2.14 bits per heavy atom. The highest BCUT2D eigenvalue weighted by molar-refractivity contribution is 5.84. The van der Waals surface area contributed by atoms with Crippen molar-refractivity contribution in [2.45, 2.75) is 33.7 Å². The molecule has 0 radical (unpaired) electrons. The van der Waals surface area contributed by atoms with E-state index in [9.17, 15) is 4.79 Å². The van der Waals surface area contributed by atoms with Gasteiger partial charge in [-0.3, -0.25) is 4.90 Å². The summed E-state index contributed by atoms with van der Waals surface area (Å²) in [7, 11) is 0. The van der Waals surface area contributed by atoms with E-state index in [4.69, 9.17) is 9.15 Å². The van der Waals surface area contributed by atoms with Crippen LogP contribution in [0.1, 0.15) is 31.4 Å². The van der Waals surface area contributed by atoms with Gasteiger partial charge in [0.15, 0.2) is 5.58 Å². The first-order valence-corrected chi connectivity index (χ1v) is 7.57. The summed E-state index contributed by atoms with van der Waals surface area (Å²) in [6, 6.07) is 5.51. The van der Waals surface area contributed by atoms with E-state index in [-0.39, 0.29) is 5.63 Å². The minimum Gasteiger partial charge on any atom is -0.445 e. The van der Waals surface area contributed by atoms with Crippen molar-refractivity contribution in [3.63, 3.8) is 0 Å². The molecule has 2 aromatic rings.